The van der Waals surface area contributed by atoms with E-state index in [1.165, 1.54) is 4.90 Å². The van der Waals surface area contributed by atoms with Crippen LogP contribution in [0.25, 0.3) is 0 Å². The molecule has 5 nitrogen and oxygen atoms in total. The van der Waals surface area contributed by atoms with Crippen LogP contribution in [-0.4, -0.2) is 42.4 Å². The van der Waals surface area contributed by atoms with Crippen LogP contribution in [0.2, 0.25) is 0 Å². The van der Waals surface area contributed by atoms with Crippen molar-refractivity contribution in [2.45, 2.75) is 31.7 Å². The van der Waals surface area contributed by atoms with Crippen molar-refractivity contribution in [1.82, 2.24) is 10.2 Å². The third-order valence-electron chi connectivity index (χ3n) is 3.00. The third kappa shape index (κ3) is 2.47. The summed E-state index contributed by atoms with van der Waals surface area (Å²) in [6.07, 6.45) is 2.59. The van der Waals surface area contributed by atoms with Crippen LogP contribution < -0.4 is 11.1 Å². The van der Waals surface area contributed by atoms with Gasteiger partial charge in [-0.3, -0.25) is 9.59 Å². The first-order valence-corrected chi connectivity index (χ1v) is 5.31. The van der Waals surface area contributed by atoms with Crippen LogP contribution in [0.3, 0.4) is 0 Å². The van der Waals surface area contributed by atoms with Gasteiger partial charge < -0.3 is 16.0 Å². The molecule has 0 aromatic heterocycles. The molecule has 0 aromatic carbocycles. The van der Waals surface area contributed by atoms with Gasteiger partial charge in [0.15, 0.2) is 0 Å². The average molecular weight is 213 g/mol. The number of hydrogen-bond acceptors (Lipinski definition) is 3. The van der Waals surface area contributed by atoms with Crippen LogP contribution in [0.4, 0.5) is 0 Å². The van der Waals surface area contributed by atoms with Crippen LogP contribution in [-0.2, 0) is 9.59 Å². The summed E-state index contributed by atoms with van der Waals surface area (Å²) in [5.41, 5.74) is 4.59. The molecule has 2 amide bonds. The molecule has 1 atom stereocenters. The van der Waals surface area contributed by atoms with E-state index in [1.54, 1.807) is 7.05 Å². The maximum absolute atomic E-state index is 12.1. The first-order chi connectivity index (χ1) is 7.02. The second-order valence-electron chi connectivity index (χ2n) is 4.09. The predicted octanol–water partition coefficient (Wildman–Crippen LogP) is -0.538. The van der Waals surface area contributed by atoms with Crippen molar-refractivity contribution in [1.29, 1.82) is 0 Å². The van der Waals surface area contributed by atoms with Gasteiger partial charge >= 0.3 is 0 Å². The number of hydrogen-bond donors (Lipinski definition) is 2. The Morgan fingerprint density at radius 1 is 1.53 bits per heavy atom. The molecule has 1 rings (SSSR count). The summed E-state index contributed by atoms with van der Waals surface area (Å²) >= 11 is 0. The Labute approximate surface area is 90.0 Å². The number of amides is 2. The van der Waals surface area contributed by atoms with Gasteiger partial charge in [0.05, 0.1) is 12.1 Å². The minimum Gasteiger partial charge on any atom is -0.368 e. The smallest absolute Gasteiger partial charge is 0.243 e. The maximum Gasteiger partial charge on any atom is 0.243 e. The molecule has 0 aromatic rings. The van der Waals surface area contributed by atoms with E-state index in [1.807, 2.05) is 6.92 Å². The lowest BCUT2D eigenvalue weighted by Crippen LogP contribution is -2.54. The Morgan fingerprint density at radius 2 is 2.20 bits per heavy atom. The zero-order valence-electron chi connectivity index (χ0n) is 9.38. The lowest BCUT2D eigenvalue weighted by Gasteiger charge is -2.31. The fourth-order valence-corrected chi connectivity index (χ4v) is 2.11. The summed E-state index contributed by atoms with van der Waals surface area (Å²) in [4.78, 5) is 24.2. The molecular weight excluding hydrogens is 194 g/mol. The summed E-state index contributed by atoms with van der Waals surface area (Å²) in [7, 11) is 1.62. The Morgan fingerprint density at radius 3 is 2.60 bits per heavy atom. The molecule has 1 unspecified atom stereocenters. The number of nitrogens with two attached hydrogens (primary N) is 1. The highest BCUT2D eigenvalue weighted by atomic mass is 16.2. The van der Waals surface area contributed by atoms with Gasteiger partial charge in [-0.2, -0.15) is 0 Å². The number of carbonyl (C=O) groups excluding carboxylic acids is 2. The average Bonchev–Trinajstić information content (AvgIpc) is 2.65. The SMILES string of the molecule is CCC1(C(=O)N(C)CC(N)=O)CCCN1. The molecule has 15 heavy (non-hydrogen) atoms. The minimum atomic E-state index is -0.477. The van der Waals surface area contributed by atoms with E-state index in [9.17, 15) is 9.59 Å². The van der Waals surface area contributed by atoms with Gasteiger partial charge in [-0.15, -0.1) is 0 Å². The van der Waals surface area contributed by atoms with E-state index in [0.29, 0.717) is 0 Å². The van der Waals surface area contributed by atoms with Gasteiger partial charge in [0, 0.05) is 7.05 Å². The number of nitrogens with one attached hydrogen (secondary N) is 1. The van der Waals surface area contributed by atoms with Gasteiger partial charge in [-0.05, 0) is 25.8 Å². The lowest BCUT2D eigenvalue weighted by atomic mass is 9.92. The first kappa shape index (κ1) is 12.0. The molecule has 5 heteroatoms. The zero-order valence-corrected chi connectivity index (χ0v) is 9.38. The largest absolute Gasteiger partial charge is 0.368 e. The molecule has 1 saturated heterocycles. The zero-order chi connectivity index (χ0) is 11.5. The monoisotopic (exact) mass is 213 g/mol. The second kappa shape index (κ2) is 4.61. The number of primary amides is 1. The summed E-state index contributed by atoms with van der Waals surface area (Å²) in [5, 5.41) is 3.23. The molecule has 1 fully saturated rings. The van der Waals surface area contributed by atoms with Gasteiger partial charge in [0.2, 0.25) is 11.8 Å². The maximum atomic E-state index is 12.1. The molecule has 0 radical (unpaired) electrons. The van der Waals surface area contributed by atoms with Crippen LogP contribution in [0.1, 0.15) is 26.2 Å². The Hall–Kier alpha value is -1.10. The highest BCUT2D eigenvalue weighted by Gasteiger charge is 2.40. The standard InChI is InChI=1S/C10H19N3O2/c1-3-10(5-4-6-12-10)9(15)13(2)7-8(11)14/h12H,3-7H2,1-2H3,(H2,11,14). The Bertz CT molecular complexity index is 259. The van der Waals surface area contributed by atoms with E-state index in [2.05, 4.69) is 5.32 Å². The van der Waals surface area contributed by atoms with E-state index in [-0.39, 0.29) is 12.5 Å². The van der Waals surface area contributed by atoms with Crippen LogP contribution in [0.5, 0.6) is 0 Å². The van der Waals surface area contributed by atoms with Crippen LogP contribution >= 0.6 is 0 Å². The topological polar surface area (TPSA) is 75.4 Å². The van der Waals surface area contributed by atoms with Crippen molar-refractivity contribution in [2.75, 3.05) is 20.1 Å². The van der Waals surface area contributed by atoms with Crippen molar-refractivity contribution in [3.63, 3.8) is 0 Å². The summed E-state index contributed by atoms with van der Waals surface area (Å²) in [5.74, 6) is -0.503. The molecule has 0 spiro atoms. The van der Waals surface area contributed by atoms with Gasteiger partial charge in [-0.25, -0.2) is 0 Å². The van der Waals surface area contributed by atoms with Crippen molar-refractivity contribution in [2.24, 2.45) is 5.73 Å². The van der Waals surface area contributed by atoms with E-state index >= 15 is 0 Å². The minimum absolute atomic E-state index is 0.0116. The quantitative estimate of drug-likeness (QED) is 0.658. The number of carbonyl (C=O) groups is 2. The normalized spacial score (nSPS) is 25.2. The second-order valence-corrected chi connectivity index (χ2v) is 4.09. The van der Waals surface area contributed by atoms with E-state index < -0.39 is 11.4 Å². The molecule has 1 heterocycles. The van der Waals surface area contributed by atoms with Crippen molar-refractivity contribution >= 4 is 11.8 Å². The lowest BCUT2D eigenvalue weighted by molar-refractivity contribution is -0.139. The van der Waals surface area contributed by atoms with Gasteiger partial charge in [0.25, 0.3) is 0 Å². The third-order valence-corrected chi connectivity index (χ3v) is 3.00. The van der Waals surface area contributed by atoms with Crippen LogP contribution in [0.15, 0.2) is 0 Å². The van der Waals surface area contributed by atoms with Crippen LogP contribution in [0, 0.1) is 0 Å². The molecule has 0 bridgehead atoms. The molecule has 0 saturated carbocycles. The number of nitrogens with zero attached hydrogens (tertiary/aromatic N) is 1. The summed E-state index contributed by atoms with van der Waals surface area (Å²) < 4.78 is 0. The molecule has 3 N–H and O–H groups in total. The highest BCUT2D eigenvalue weighted by Crippen LogP contribution is 2.24. The van der Waals surface area contributed by atoms with Crippen molar-refractivity contribution < 1.29 is 9.59 Å². The number of rotatable bonds is 4. The van der Waals surface area contributed by atoms with Crippen molar-refractivity contribution in [3.8, 4) is 0 Å². The molecule has 1 aliphatic heterocycles. The van der Waals surface area contributed by atoms with E-state index in [4.69, 9.17) is 5.73 Å². The summed E-state index contributed by atoms with van der Waals surface area (Å²) in [6, 6.07) is 0. The number of likely N-dealkylation sites (N-methyl/N-ethyl adjacent to an activating group) is 1. The van der Waals surface area contributed by atoms with E-state index in [0.717, 1.165) is 25.8 Å². The molecule has 1 aliphatic rings. The van der Waals surface area contributed by atoms with Gasteiger partial charge in [-0.1, -0.05) is 6.92 Å². The molecular formula is C10H19N3O2. The fraction of sp³-hybridized carbons (Fsp3) is 0.800. The molecule has 86 valence electrons. The predicted molar refractivity (Wildman–Crippen MR) is 57.1 cm³/mol. The summed E-state index contributed by atoms with van der Waals surface area (Å²) in [6.45, 7) is 2.83. The first-order valence-electron chi connectivity index (χ1n) is 5.31. The Balaban J connectivity index is 2.68. The molecule has 0 aliphatic carbocycles. The van der Waals surface area contributed by atoms with Crippen molar-refractivity contribution in [3.05, 3.63) is 0 Å². The van der Waals surface area contributed by atoms with Gasteiger partial charge in [0.1, 0.15) is 0 Å². The highest BCUT2D eigenvalue weighted by molar-refractivity contribution is 5.90. The fourth-order valence-electron chi connectivity index (χ4n) is 2.11. The Kier molecular flexibility index (Phi) is 3.68.